The van der Waals surface area contributed by atoms with Gasteiger partial charge in [0.2, 0.25) is 0 Å². The van der Waals surface area contributed by atoms with Crippen LogP contribution in [0.3, 0.4) is 0 Å². The summed E-state index contributed by atoms with van der Waals surface area (Å²) in [6.45, 7) is 4.05. The Hall–Kier alpha value is -0.890. The lowest BCUT2D eigenvalue weighted by molar-refractivity contribution is 0.260. The number of nitrogens with one attached hydrogen (secondary N) is 2. The van der Waals surface area contributed by atoms with Crippen LogP contribution in [0.1, 0.15) is 24.4 Å². The summed E-state index contributed by atoms with van der Waals surface area (Å²) in [4.78, 5) is 0. The molecule has 1 aliphatic heterocycles. The van der Waals surface area contributed by atoms with Gasteiger partial charge in [-0.25, -0.2) is 0 Å². The second-order valence-electron chi connectivity index (χ2n) is 5.26. The fourth-order valence-corrected chi connectivity index (χ4v) is 3.82. The van der Waals surface area contributed by atoms with Gasteiger partial charge < -0.3 is 9.73 Å². The van der Waals surface area contributed by atoms with Crippen LogP contribution in [-0.2, 0) is 16.8 Å². The average molecular weight is 301 g/mol. The summed E-state index contributed by atoms with van der Waals surface area (Å²) in [5.41, 5.74) is 0. The Bertz CT molecular complexity index is 525. The molecular formula is C13H23N3O3S. The number of nitrogens with zero attached hydrogens (tertiary/aromatic N) is 1. The Labute approximate surface area is 120 Å². The summed E-state index contributed by atoms with van der Waals surface area (Å²) in [6.07, 6.45) is 1.98. The van der Waals surface area contributed by atoms with Crippen LogP contribution in [0, 0.1) is 12.8 Å². The fraction of sp³-hybridized carbons (Fsp3) is 0.692. The highest BCUT2D eigenvalue weighted by Crippen LogP contribution is 2.18. The molecule has 20 heavy (non-hydrogen) atoms. The Morgan fingerprint density at radius 1 is 1.45 bits per heavy atom. The van der Waals surface area contributed by atoms with Crippen LogP contribution in [0.2, 0.25) is 0 Å². The van der Waals surface area contributed by atoms with Crippen LogP contribution in [0.4, 0.5) is 0 Å². The smallest absolute Gasteiger partial charge is 0.279 e. The zero-order chi connectivity index (χ0) is 14.6. The zero-order valence-corrected chi connectivity index (χ0v) is 12.9. The van der Waals surface area contributed by atoms with Crippen LogP contribution in [-0.4, -0.2) is 39.4 Å². The summed E-state index contributed by atoms with van der Waals surface area (Å²) in [7, 11) is -1.53. The van der Waals surface area contributed by atoms with Crippen molar-refractivity contribution in [1.29, 1.82) is 0 Å². The van der Waals surface area contributed by atoms with Crippen molar-refractivity contribution in [1.82, 2.24) is 14.3 Å². The van der Waals surface area contributed by atoms with Crippen molar-refractivity contribution < 1.29 is 12.8 Å². The van der Waals surface area contributed by atoms with Crippen LogP contribution in [0.25, 0.3) is 0 Å². The Kier molecular flexibility index (Phi) is 5.20. The first-order valence-electron chi connectivity index (χ1n) is 6.96. The second kappa shape index (κ2) is 6.71. The van der Waals surface area contributed by atoms with E-state index in [1.807, 2.05) is 20.0 Å². The lowest BCUT2D eigenvalue weighted by atomic mass is 10.00. The van der Waals surface area contributed by atoms with Gasteiger partial charge in [0.05, 0.1) is 6.54 Å². The Morgan fingerprint density at radius 3 is 2.90 bits per heavy atom. The van der Waals surface area contributed by atoms with Gasteiger partial charge in [0.15, 0.2) is 0 Å². The van der Waals surface area contributed by atoms with E-state index in [0.717, 1.165) is 25.1 Å². The predicted molar refractivity (Wildman–Crippen MR) is 77.4 cm³/mol. The molecule has 2 heterocycles. The topological polar surface area (TPSA) is 74.6 Å². The van der Waals surface area contributed by atoms with Crippen LogP contribution in [0.15, 0.2) is 16.5 Å². The van der Waals surface area contributed by atoms with Crippen molar-refractivity contribution in [2.45, 2.75) is 26.3 Å². The molecule has 0 aromatic carbocycles. The number of hydrogen-bond acceptors (Lipinski definition) is 4. The molecule has 0 spiro atoms. The van der Waals surface area contributed by atoms with E-state index in [1.54, 1.807) is 6.07 Å². The SMILES string of the molecule is CNCC1CCCN(S(=O)(=O)NCc2ccc(C)o2)C1. The van der Waals surface area contributed by atoms with Gasteiger partial charge in [0, 0.05) is 13.1 Å². The third-order valence-corrected chi connectivity index (χ3v) is 5.06. The monoisotopic (exact) mass is 301 g/mol. The van der Waals surface area contributed by atoms with E-state index in [4.69, 9.17) is 4.42 Å². The molecule has 0 radical (unpaired) electrons. The van der Waals surface area contributed by atoms with Gasteiger partial charge in [0.25, 0.3) is 10.2 Å². The minimum Gasteiger partial charge on any atom is -0.465 e. The molecule has 114 valence electrons. The van der Waals surface area contributed by atoms with Crippen molar-refractivity contribution in [2.24, 2.45) is 5.92 Å². The quantitative estimate of drug-likeness (QED) is 0.817. The van der Waals surface area contributed by atoms with Crippen LogP contribution in [0.5, 0.6) is 0 Å². The maximum absolute atomic E-state index is 12.3. The van der Waals surface area contributed by atoms with Crippen LogP contribution < -0.4 is 10.0 Å². The highest BCUT2D eigenvalue weighted by atomic mass is 32.2. The second-order valence-corrected chi connectivity index (χ2v) is 7.02. The van der Waals surface area contributed by atoms with Crippen molar-refractivity contribution in [3.8, 4) is 0 Å². The molecule has 1 aromatic rings. The fourth-order valence-electron chi connectivity index (χ4n) is 2.53. The Balaban J connectivity index is 1.92. The van der Waals surface area contributed by atoms with Gasteiger partial charge in [-0.05, 0) is 51.4 Å². The van der Waals surface area contributed by atoms with E-state index in [2.05, 4.69) is 10.0 Å². The Morgan fingerprint density at radius 2 is 2.25 bits per heavy atom. The summed E-state index contributed by atoms with van der Waals surface area (Å²) in [5, 5.41) is 3.11. The highest BCUT2D eigenvalue weighted by molar-refractivity contribution is 7.87. The molecule has 1 saturated heterocycles. The maximum atomic E-state index is 12.3. The van der Waals surface area contributed by atoms with Crippen molar-refractivity contribution in [2.75, 3.05) is 26.7 Å². The summed E-state index contributed by atoms with van der Waals surface area (Å²) < 4.78 is 34.0. The summed E-state index contributed by atoms with van der Waals surface area (Å²) in [5.74, 6) is 1.80. The lowest BCUT2D eigenvalue weighted by Gasteiger charge is -2.31. The van der Waals surface area contributed by atoms with Gasteiger partial charge in [-0.3, -0.25) is 0 Å². The van der Waals surface area contributed by atoms with E-state index in [1.165, 1.54) is 4.31 Å². The molecule has 0 aliphatic carbocycles. The number of aryl methyl sites for hydroxylation is 1. The molecule has 1 unspecified atom stereocenters. The van der Waals surface area contributed by atoms with Gasteiger partial charge in [-0.1, -0.05) is 0 Å². The van der Waals surface area contributed by atoms with E-state index >= 15 is 0 Å². The third kappa shape index (κ3) is 4.05. The molecule has 0 saturated carbocycles. The van der Waals surface area contributed by atoms with Crippen LogP contribution >= 0.6 is 0 Å². The first-order valence-corrected chi connectivity index (χ1v) is 8.40. The number of rotatable bonds is 6. The van der Waals surface area contributed by atoms with Gasteiger partial charge in [-0.2, -0.15) is 17.4 Å². The van der Waals surface area contributed by atoms with E-state index in [9.17, 15) is 8.42 Å². The number of furan rings is 1. The third-order valence-electron chi connectivity index (χ3n) is 3.54. The van der Waals surface area contributed by atoms with Crippen molar-refractivity contribution in [3.05, 3.63) is 23.7 Å². The molecule has 2 N–H and O–H groups in total. The highest BCUT2D eigenvalue weighted by Gasteiger charge is 2.28. The molecule has 7 heteroatoms. The summed E-state index contributed by atoms with van der Waals surface area (Å²) >= 11 is 0. The first-order chi connectivity index (χ1) is 9.51. The molecule has 1 atom stereocenters. The van der Waals surface area contributed by atoms with Gasteiger partial charge in [-0.15, -0.1) is 0 Å². The maximum Gasteiger partial charge on any atom is 0.279 e. The number of hydrogen-bond donors (Lipinski definition) is 2. The van der Waals surface area contributed by atoms with E-state index < -0.39 is 10.2 Å². The first kappa shape index (κ1) is 15.5. The van der Waals surface area contributed by atoms with Crippen molar-refractivity contribution >= 4 is 10.2 Å². The molecule has 2 rings (SSSR count). The number of piperidine rings is 1. The molecule has 0 amide bonds. The molecule has 6 nitrogen and oxygen atoms in total. The molecule has 1 aliphatic rings. The molecular weight excluding hydrogens is 278 g/mol. The van der Waals surface area contributed by atoms with Crippen molar-refractivity contribution in [3.63, 3.8) is 0 Å². The zero-order valence-electron chi connectivity index (χ0n) is 12.1. The molecule has 1 aromatic heterocycles. The molecule has 1 fully saturated rings. The predicted octanol–water partition coefficient (Wildman–Crippen LogP) is 0.854. The van der Waals surface area contributed by atoms with E-state index in [-0.39, 0.29) is 6.54 Å². The average Bonchev–Trinajstić information content (AvgIpc) is 2.83. The van der Waals surface area contributed by atoms with E-state index in [0.29, 0.717) is 24.8 Å². The van der Waals surface area contributed by atoms with Gasteiger partial charge >= 0.3 is 0 Å². The standard InChI is InChI=1S/C13H23N3O3S/c1-11-5-6-13(19-11)9-15-20(17,18)16-7-3-4-12(10-16)8-14-2/h5-6,12,14-15H,3-4,7-10H2,1-2H3. The minimum absolute atomic E-state index is 0.198. The normalized spacial score (nSPS) is 21.2. The minimum atomic E-state index is -3.43. The molecule has 0 bridgehead atoms. The van der Waals surface area contributed by atoms with Gasteiger partial charge in [0.1, 0.15) is 11.5 Å². The lowest BCUT2D eigenvalue weighted by Crippen LogP contribution is -2.47. The summed E-state index contributed by atoms with van der Waals surface area (Å²) in [6, 6.07) is 3.62. The largest absolute Gasteiger partial charge is 0.465 e.